The summed E-state index contributed by atoms with van der Waals surface area (Å²) in [4.78, 5) is 13.4. The summed E-state index contributed by atoms with van der Waals surface area (Å²) in [5.74, 6) is -1.34. The number of rotatable bonds is 5. The molecule has 0 saturated carbocycles. The topological polar surface area (TPSA) is 92.8 Å². The minimum atomic E-state index is -4.90. The molecule has 3 aromatic rings. The Labute approximate surface area is 186 Å². The van der Waals surface area contributed by atoms with E-state index in [9.17, 15) is 36.4 Å². The zero-order valence-corrected chi connectivity index (χ0v) is 17.2. The molecule has 1 atom stereocenters. The van der Waals surface area contributed by atoms with E-state index in [1.54, 1.807) is 0 Å². The molecule has 0 spiro atoms. The predicted octanol–water partition coefficient (Wildman–Crippen LogP) is 4.71. The monoisotopic (exact) mass is 491 g/mol. The van der Waals surface area contributed by atoms with Crippen LogP contribution in [0.2, 0.25) is 5.02 Å². The van der Waals surface area contributed by atoms with Crippen LogP contribution in [0.1, 0.15) is 22.8 Å². The van der Waals surface area contributed by atoms with E-state index in [1.807, 2.05) is 6.07 Å². The Bertz CT molecular complexity index is 1230. The summed E-state index contributed by atoms with van der Waals surface area (Å²) < 4.78 is 79.4. The Hall–Kier alpha value is -3.53. The maximum absolute atomic E-state index is 13.0. The number of halogens is 7. The van der Waals surface area contributed by atoms with Gasteiger partial charge in [-0.2, -0.15) is 33.4 Å². The van der Waals surface area contributed by atoms with Crippen LogP contribution in [-0.4, -0.2) is 32.8 Å². The second kappa shape index (κ2) is 8.43. The highest BCUT2D eigenvalue weighted by Gasteiger charge is 2.33. The van der Waals surface area contributed by atoms with E-state index in [1.165, 1.54) is 6.92 Å². The number of alkyl halides is 6. The lowest BCUT2D eigenvalue weighted by molar-refractivity contribution is -0.274. The molecule has 1 amide bonds. The Balaban J connectivity index is 1.79. The Kier molecular flexibility index (Phi) is 6.16. The fourth-order valence-electron chi connectivity index (χ4n) is 2.77. The summed E-state index contributed by atoms with van der Waals surface area (Å²) in [6, 6.07) is 7.26. The van der Waals surface area contributed by atoms with Gasteiger partial charge in [-0.25, -0.2) is 0 Å². The summed E-state index contributed by atoms with van der Waals surface area (Å²) in [6.45, 7) is 0.944. The first-order valence-electron chi connectivity index (χ1n) is 8.90. The number of benzene rings is 2. The number of ether oxygens (including phenoxy) is 1. The van der Waals surface area contributed by atoms with Crippen LogP contribution in [0.15, 0.2) is 36.4 Å². The predicted molar refractivity (Wildman–Crippen MR) is 102 cm³/mol. The minimum absolute atomic E-state index is 0.0310. The number of hydrogen-bond donors (Lipinski definition) is 1. The van der Waals surface area contributed by atoms with Crippen molar-refractivity contribution in [1.29, 1.82) is 5.26 Å². The summed E-state index contributed by atoms with van der Waals surface area (Å²) >= 11 is 5.87. The van der Waals surface area contributed by atoms with Gasteiger partial charge in [0.2, 0.25) is 0 Å². The Morgan fingerprint density at radius 3 is 2.33 bits per heavy atom. The number of hydrogen-bond acceptors (Lipinski definition) is 5. The van der Waals surface area contributed by atoms with Crippen molar-refractivity contribution < 1.29 is 35.9 Å². The van der Waals surface area contributed by atoms with Crippen LogP contribution in [0.3, 0.4) is 0 Å². The molecule has 1 heterocycles. The number of nitrogens with one attached hydrogen (secondary N) is 1. The average molecular weight is 492 g/mol. The third-order valence-electron chi connectivity index (χ3n) is 4.25. The first-order chi connectivity index (χ1) is 15.2. The fourth-order valence-corrected chi connectivity index (χ4v) is 3.02. The zero-order chi connectivity index (χ0) is 24.6. The van der Waals surface area contributed by atoms with Gasteiger partial charge in [-0.05, 0) is 43.3 Å². The quantitative estimate of drug-likeness (QED) is 0.522. The molecule has 0 bridgehead atoms. The van der Waals surface area contributed by atoms with E-state index in [0.717, 1.165) is 35.1 Å². The number of nitriles is 1. The van der Waals surface area contributed by atoms with Gasteiger partial charge >= 0.3 is 12.5 Å². The first kappa shape index (κ1) is 24.1. The van der Waals surface area contributed by atoms with Gasteiger partial charge in [-0.15, -0.1) is 13.2 Å². The van der Waals surface area contributed by atoms with Crippen LogP contribution in [0, 0.1) is 11.3 Å². The normalized spacial score (nSPS) is 13.9. The molecule has 1 unspecified atom stereocenters. The fraction of sp³-hybridized carbons (Fsp3) is 0.263. The van der Waals surface area contributed by atoms with Crippen LogP contribution in [0.25, 0.3) is 11.0 Å². The Morgan fingerprint density at radius 1 is 1.15 bits per heavy atom. The molecular formula is C19H12ClF6N5O2. The number of carbonyl (C=O) groups excluding carboxylic acids is 1. The standard InChI is InChI=1S/C19H12ClF6N5O2/c1-17(8-27,28-16(32)10-2-4-12(5-3-10)33-19(24,25)26)9-31-29-14-7-11(18(21,22)23)6-13(20)15(14)30-31/h2-7H,9H2,1H3,(H,28,32). The van der Waals surface area contributed by atoms with Crippen LogP contribution < -0.4 is 10.1 Å². The number of nitrogens with zero attached hydrogens (tertiary/aromatic N) is 4. The van der Waals surface area contributed by atoms with Crippen molar-refractivity contribution in [3.8, 4) is 11.8 Å². The Morgan fingerprint density at radius 2 is 1.79 bits per heavy atom. The molecule has 0 aliphatic carbocycles. The smallest absolute Gasteiger partial charge is 0.406 e. The lowest BCUT2D eigenvalue weighted by Crippen LogP contribution is -2.48. The third kappa shape index (κ3) is 5.83. The average Bonchev–Trinajstić information content (AvgIpc) is 3.09. The molecule has 0 aliphatic rings. The molecule has 33 heavy (non-hydrogen) atoms. The van der Waals surface area contributed by atoms with Gasteiger partial charge in [-0.1, -0.05) is 11.6 Å². The van der Waals surface area contributed by atoms with Crippen LogP contribution in [0.5, 0.6) is 5.75 Å². The summed E-state index contributed by atoms with van der Waals surface area (Å²) in [5.41, 5.74) is -2.92. The summed E-state index contributed by atoms with van der Waals surface area (Å²) in [5, 5.41) is 19.5. The number of fused-ring (bicyclic) bond motifs is 1. The SMILES string of the molecule is CC(C#N)(Cn1nc2cc(C(F)(F)F)cc(Cl)c2n1)NC(=O)c1ccc(OC(F)(F)F)cc1. The van der Waals surface area contributed by atoms with E-state index in [0.29, 0.717) is 6.07 Å². The molecule has 2 aromatic carbocycles. The molecule has 14 heteroatoms. The molecule has 0 fully saturated rings. The van der Waals surface area contributed by atoms with Crippen molar-refractivity contribution in [2.45, 2.75) is 31.5 Å². The van der Waals surface area contributed by atoms with Gasteiger partial charge in [0.15, 0.2) is 0 Å². The van der Waals surface area contributed by atoms with E-state index < -0.39 is 35.3 Å². The lowest BCUT2D eigenvalue weighted by Gasteiger charge is -2.22. The molecule has 7 nitrogen and oxygen atoms in total. The van der Waals surface area contributed by atoms with Gasteiger partial charge in [0.1, 0.15) is 22.3 Å². The molecule has 0 radical (unpaired) electrons. The first-order valence-corrected chi connectivity index (χ1v) is 9.28. The van der Waals surface area contributed by atoms with Gasteiger partial charge < -0.3 is 10.1 Å². The van der Waals surface area contributed by atoms with E-state index in [4.69, 9.17) is 11.6 Å². The molecule has 1 N–H and O–H groups in total. The number of carbonyl (C=O) groups is 1. The van der Waals surface area contributed by atoms with E-state index >= 15 is 0 Å². The van der Waals surface area contributed by atoms with Crippen LogP contribution >= 0.6 is 11.6 Å². The highest BCUT2D eigenvalue weighted by atomic mass is 35.5. The van der Waals surface area contributed by atoms with Gasteiger partial charge in [0.25, 0.3) is 5.91 Å². The van der Waals surface area contributed by atoms with Crippen LogP contribution in [0.4, 0.5) is 26.3 Å². The van der Waals surface area contributed by atoms with Crippen molar-refractivity contribution in [1.82, 2.24) is 20.3 Å². The molecule has 1 aromatic heterocycles. The maximum Gasteiger partial charge on any atom is 0.573 e. The third-order valence-corrected chi connectivity index (χ3v) is 4.54. The van der Waals surface area contributed by atoms with Gasteiger partial charge in [0.05, 0.1) is 23.2 Å². The van der Waals surface area contributed by atoms with Crippen molar-refractivity contribution >= 4 is 28.5 Å². The largest absolute Gasteiger partial charge is 0.573 e. The zero-order valence-electron chi connectivity index (χ0n) is 16.4. The summed E-state index contributed by atoms with van der Waals surface area (Å²) in [7, 11) is 0. The second-order valence-corrected chi connectivity index (χ2v) is 7.43. The van der Waals surface area contributed by atoms with Crippen molar-refractivity contribution in [3.63, 3.8) is 0 Å². The van der Waals surface area contributed by atoms with Crippen LogP contribution in [-0.2, 0) is 12.7 Å². The molecule has 3 rings (SSSR count). The molecule has 0 aliphatic heterocycles. The second-order valence-electron chi connectivity index (χ2n) is 7.02. The molecular weight excluding hydrogens is 480 g/mol. The number of aromatic nitrogens is 3. The molecule has 174 valence electrons. The van der Waals surface area contributed by atoms with Crippen molar-refractivity contribution in [2.24, 2.45) is 0 Å². The van der Waals surface area contributed by atoms with Gasteiger partial charge in [0, 0.05) is 5.56 Å². The number of amides is 1. The highest BCUT2D eigenvalue weighted by Crippen LogP contribution is 2.34. The van der Waals surface area contributed by atoms with E-state index in [2.05, 4.69) is 20.3 Å². The highest BCUT2D eigenvalue weighted by molar-refractivity contribution is 6.35. The van der Waals surface area contributed by atoms with Crippen molar-refractivity contribution in [2.75, 3.05) is 0 Å². The maximum atomic E-state index is 13.0. The van der Waals surface area contributed by atoms with Gasteiger partial charge in [-0.3, -0.25) is 4.79 Å². The van der Waals surface area contributed by atoms with E-state index in [-0.39, 0.29) is 28.2 Å². The molecule has 0 saturated heterocycles. The summed E-state index contributed by atoms with van der Waals surface area (Å²) in [6.07, 6.45) is -9.55. The van der Waals surface area contributed by atoms with Crippen molar-refractivity contribution in [3.05, 3.63) is 52.5 Å². The lowest BCUT2D eigenvalue weighted by atomic mass is 10.0. The minimum Gasteiger partial charge on any atom is -0.406 e.